The molecule has 0 saturated heterocycles. The summed E-state index contributed by atoms with van der Waals surface area (Å²) < 4.78 is 10.5. The number of nitrogens with zero attached hydrogens (tertiary/aromatic N) is 1. The van der Waals surface area contributed by atoms with E-state index in [1.165, 1.54) is 5.69 Å². The van der Waals surface area contributed by atoms with Gasteiger partial charge < -0.3 is 13.8 Å². The first-order valence-electron chi connectivity index (χ1n) is 4.48. The Bertz CT molecular complexity index is 252. The van der Waals surface area contributed by atoms with Crippen LogP contribution in [0.1, 0.15) is 0 Å². The zero-order valence-electron chi connectivity index (χ0n) is 8.86. The maximum atomic E-state index is 5.23. The summed E-state index contributed by atoms with van der Waals surface area (Å²) >= 11 is 0. The molecule has 0 amide bonds. The molecule has 0 spiro atoms. The van der Waals surface area contributed by atoms with Crippen LogP contribution in [0.2, 0.25) is 0 Å². The van der Waals surface area contributed by atoms with Crippen molar-refractivity contribution in [2.75, 3.05) is 32.3 Å². The van der Waals surface area contributed by atoms with E-state index in [-0.39, 0.29) is 0 Å². The second kappa shape index (κ2) is 5.80. The Kier molecular flexibility index (Phi) is 4.65. The van der Waals surface area contributed by atoms with Crippen molar-refractivity contribution < 1.29 is 8.85 Å². The Hall–Kier alpha value is -0.843. The highest BCUT2D eigenvalue weighted by atomic mass is 28.3. The van der Waals surface area contributed by atoms with E-state index in [1.54, 1.807) is 14.2 Å². The Balaban J connectivity index is 2.54. The molecule has 0 fully saturated rings. The van der Waals surface area contributed by atoms with Crippen molar-refractivity contribution in [1.82, 2.24) is 0 Å². The maximum absolute atomic E-state index is 5.23. The van der Waals surface area contributed by atoms with E-state index in [0.717, 1.165) is 6.17 Å². The Morgan fingerprint density at radius 1 is 1.14 bits per heavy atom. The van der Waals surface area contributed by atoms with Gasteiger partial charge in [0.05, 0.1) is 6.17 Å². The average molecular weight is 210 g/mol. The molecule has 0 heterocycles. The number of anilines is 1. The van der Waals surface area contributed by atoms with Crippen LogP contribution in [0.25, 0.3) is 0 Å². The highest BCUT2D eigenvalue weighted by Gasteiger charge is 2.15. The van der Waals surface area contributed by atoms with Gasteiger partial charge >= 0.3 is 9.28 Å². The van der Waals surface area contributed by atoms with Crippen LogP contribution in [0.15, 0.2) is 30.3 Å². The van der Waals surface area contributed by atoms with Gasteiger partial charge in [0.15, 0.2) is 0 Å². The second-order valence-electron chi connectivity index (χ2n) is 2.97. The normalized spacial score (nSPS) is 10.6. The van der Waals surface area contributed by atoms with Gasteiger partial charge in [0.1, 0.15) is 0 Å². The number of benzene rings is 1. The zero-order chi connectivity index (χ0) is 10.4. The lowest BCUT2D eigenvalue weighted by molar-refractivity contribution is 0.278. The standard InChI is InChI=1S/C10H16NO2Si/c1-11(9-14(12-2)13-3)10-7-5-4-6-8-10/h4-8H,9H2,1-3H3. The summed E-state index contributed by atoms with van der Waals surface area (Å²) in [6.07, 6.45) is 0.821. The topological polar surface area (TPSA) is 21.7 Å². The molecular formula is C10H16NO2Si. The monoisotopic (exact) mass is 210 g/mol. The number of hydrogen-bond donors (Lipinski definition) is 0. The molecule has 0 aliphatic rings. The van der Waals surface area contributed by atoms with Crippen molar-refractivity contribution in [2.45, 2.75) is 0 Å². The average Bonchev–Trinajstić information content (AvgIpc) is 2.26. The summed E-state index contributed by atoms with van der Waals surface area (Å²) in [5, 5.41) is 0. The van der Waals surface area contributed by atoms with E-state index in [2.05, 4.69) is 17.0 Å². The fraction of sp³-hybridized carbons (Fsp3) is 0.400. The molecule has 0 atom stereocenters. The van der Waals surface area contributed by atoms with Gasteiger partial charge in [0, 0.05) is 27.0 Å². The van der Waals surface area contributed by atoms with Gasteiger partial charge in [-0.15, -0.1) is 0 Å². The molecule has 0 aromatic heterocycles. The van der Waals surface area contributed by atoms with Crippen LogP contribution in [-0.2, 0) is 8.85 Å². The van der Waals surface area contributed by atoms with Crippen LogP contribution in [0.4, 0.5) is 5.69 Å². The molecule has 0 saturated carbocycles. The quantitative estimate of drug-likeness (QED) is 0.687. The van der Waals surface area contributed by atoms with Crippen LogP contribution < -0.4 is 4.90 Å². The molecule has 0 bridgehead atoms. The van der Waals surface area contributed by atoms with E-state index in [0.29, 0.717) is 0 Å². The lowest BCUT2D eigenvalue weighted by Gasteiger charge is -2.21. The van der Waals surface area contributed by atoms with E-state index >= 15 is 0 Å². The van der Waals surface area contributed by atoms with Gasteiger partial charge in [-0.3, -0.25) is 0 Å². The van der Waals surface area contributed by atoms with E-state index in [1.807, 2.05) is 25.2 Å². The van der Waals surface area contributed by atoms with Crippen LogP contribution in [0.5, 0.6) is 0 Å². The molecule has 3 nitrogen and oxygen atoms in total. The zero-order valence-corrected chi connectivity index (χ0v) is 9.86. The molecule has 0 aliphatic heterocycles. The van der Waals surface area contributed by atoms with Gasteiger partial charge in [0.2, 0.25) is 0 Å². The first-order chi connectivity index (χ1) is 6.77. The summed E-state index contributed by atoms with van der Waals surface area (Å²) in [6, 6.07) is 10.2. The van der Waals surface area contributed by atoms with Gasteiger partial charge in [-0.25, -0.2) is 0 Å². The third-order valence-electron chi connectivity index (χ3n) is 2.02. The van der Waals surface area contributed by atoms with Gasteiger partial charge in [-0.2, -0.15) is 0 Å². The number of hydrogen-bond acceptors (Lipinski definition) is 3. The van der Waals surface area contributed by atoms with Gasteiger partial charge in [-0.05, 0) is 12.1 Å². The first kappa shape index (κ1) is 11.2. The van der Waals surface area contributed by atoms with Gasteiger partial charge in [-0.1, -0.05) is 18.2 Å². The smallest absolute Gasteiger partial charge is 0.396 e. The third-order valence-corrected chi connectivity index (χ3v) is 3.66. The molecule has 1 aromatic carbocycles. The molecule has 0 unspecified atom stereocenters. The lowest BCUT2D eigenvalue weighted by Crippen LogP contribution is -2.35. The molecule has 1 radical (unpaired) electrons. The predicted molar refractivity (Wildman–Crippen MR) is 59.5 cm³/mol. The Morgan fingerprint density at radius 3 is 2.21 bits per heavy atom. The summed E-state index contributed by atoms with van der Waals surface area (Å²) in [5.41, 5.74) is 1.18. The fourth-order valence-corrected chi connectivity index (χ4v) is 2.17. The molecule has 14 heavy (non-hydrogen) atoms. The maximum Gasteiger partial charge on any atom is 0.405 e. The molecule has 4 heteroatoms. The molecule has 0 N–H and O–H groups in total. The first-order valence-corrected chi connectivity index (χ1v) is 6.00. The van der Waals surface area contributed by atoms with Crippen molar-refractivity contribution in [2.24, 2.45) is 0 Å². The van der Waals surface area contributed by atoms with Crippen molar-refractivity contribution in [3.05, 3.63) is 30.3 Å². The molecule has 1 aromatic rings. The second-order valence-corrected chi connectivity index (χ2v) is 4.85. The van der Waals surface area contributed by atoms with E-state index < -0.39 is 9.28 Å². The summed E-state index contributed by atoms with van der Waals surface area (Å²) in [7, 11) is 4.28. The van der Waals surface area contributed by atoms with Crippen LogP contribution in [0, 0.1) is 0 Å². The summed E-state index contributed by atoms with van der Waals surface area (Å²) in [5.74, 6) is 0. The van der Waals surface area contributed by atoms with Crippen LogP contribution in [0.3, 0.4) is 0 Å². The highest BCUT2D eigenvalue weighted by molar-refractivity contribution is 6.45. The molecule has 1 rings (SSSR count). The summed E-state index contributed by atoms with van der Waals surface area (Å²) in [4.78, 5) is 2.14. The molecule has 77 valence electrons. The molecule has 0 aliphatic carbocycles. The third kappa shape index (κ3) is 3.14. The Morgan fingerprint density at radius 2 is 1.71 bits per heavy atom. The lowest BCUT2D eigenvalue weighted by atomic mass is 10.3. The van der Waals surface area contributed by atoms with E-state index in [4.69, 9.17) is 8.85 Å². The van der Waals surface area contributed by atoms with Crippen LogP contribution >= 0.6 is 0 Å². The van der Waals surface area contributed by atoms with Crippen molar-refractivity contribution in [1.29, 1.82) is 0 Å². The largest absolute Gasteiger partial charge is 0.405 e. The van der Waals surface area contributed by atoms with E-state index in [9.17, 15) is 0 Å². The van der Waals surface area contributed by atoms with Crippen LogP contribution in [-0.4, -0.2) is 36.7 Å². The SMILES string of the molecule is CO[Si](CN(C)c1ccccc1)OC. The van der Waals surface area contributed by atoms with Crippen molar-refractivity contribution in [3.63, 3.8) is 0 Å². The number of rotatable bonds is 5. The predicted octanol–water partition coefficient (Wildman–Crippen LogP) is 1.44. The fourth-order valence-electron chi connectivity index (χ4n) is 1.18. The minimum absolute atomic E-state index is 0.821. The highest BCUT2D eigenvalue weighted by Crippen LogP contribution is 2.10. The molecular weight excluding hydrogens is 194 g/mol. The summed E-state index contributed by atoms with van der Waals surface area (Å²) in [6.45, 7) is 0. The van der Waals surface area contributed by atoms with Crippen molar-refractivity contribution >= 4 is 15.0 Å². The van der Waals surface area contributed by atoms with Gasteiger partial charge in [0.25, 0.3) is 0 Å². The minimum atomic E-state index is -1.14. The number of para-hydroxylation sites is 1. The van der Waals surface area contributed by atoms with Crippen molar-refractivity contribution in [3.8, 4) is 0 Å². The Labute approximate surface area is 87.1 Å². The minimum Gasteiger partial charge on any atom is -0.396 e.